The van der Waals surface area contributed by atoms with Crippen LogP contribution in [-0.4, -0.2) is 18.2 Å². The zero-order valence-corrected chi connectivity index (χ0v) is 37.0. The van der Waals surface area contributed by atoms with Gasteiger partial charge in [0, 0.05) is 11.1 Å². The number of allylic oxidation sites excluding steroid dienone is 5. The van der Waals surface area contributed by atoms with Gasteiger partial charge in [-0.2, -0.15) is 0 Å². The predicted octanol–water partition coefficient (Wildman–Crippen LogP) is 15.9. The molecule has 8 aromatic rings. The number of rotatable bonds is 11. The summed E-state index contributed by atoms with van der Waals surface area (Å²) in [4.78, 5) is 10.3. The van der Waals surface area contributed by atoms with Crippen LogP contribution in [-0.2, 0) is 0 Å². The highest BCUT2D eigenvalue weighted by Gasteiger charge is 2.19. The van der Waals surface area contributed by atoms with Crippen molar-refractivity contribution < 1.29 is 0 Å². The Hall–Kier alpha value is -8.14. The van der Waals surface area contributed by atoms with Crippen LogP contribution in [0.4, 0.5) is 0 Å². The summed E-state index contributed by atoms with van der Waals surface area (Å²) in [6, 6.07) is 73.8. The third kappa shape index (κ3) is 9.11. The zero-order valence-electron chi connectivity index (χ0n) is 37.0. The molecule has 8 aromatic carbocycles. The third-order valence-corrected chi connectivity index (χ3v) is 12.6. The van der Waals surface area contributed by atoms with E-state index in [2.05, 4.69) is 237 Å². The number of aliphatic imine (C=N–C) groups is 2. The first-order valence-electron chi connectivity index (χ1n) is 23.0. The van der Waals surface area contributed by atoms with E-state index in [0.29, 0.717) is 18.2 Å². The molecule has 10 rings (SSSR count). The maximum Gasteiger partial charge on any atom is 0.157 e. The van der Waals surface area contributed by atoms with Crippen molar-refractivity contribution in [3.63, 3.8) is 0 Å². The molecular weight excluding hydrogens is 799 g/mol. The van der Waals surface area contributed by atoms with Gasteiger partial charge in [-0.15, -0.1) is 0 Å². The molecule has 0 heterocycles. The smallest absolute Gasteiger partial charge is 0.157 e. The van der Waals surface area contributed by atoms with E-state index in [1.165, 1.54) is 61.2 Å². The number of benzene rings is 8. The average molecular weight is 850 g/mol. The fourth-order valence-corrected chi connectivity index (χ4v) is 9.33. The largest absolute Gasteiger partial charge is 0.383 e. The molecule has 66 heavy (non-hydrogen) atoms. The van der Waals surface area contributed by atoms with Crippen LogP contribution in [0, 0.1) is 0 Å². The molecule has 0 atom stereocenters. The van der Waals surface area contributed by atoms with Gasteiger partial charge in [0.05, 0.1) is 6.54 Å². The lowest BCUT2D eigenvalue weighted by molar-refractivity contribution is 0.915. The Balaban J connectivity index is 1.04. The first-order valence-corrected chi connectivity index (χ1v) is 23.0. The number of nitrogens with two attached hydrogens (primary N) is 1. The summed E-state index contributed by atoms with van der Waals surface area (Å²) in [7, 11) is 0. The molecule has 2 aliphatic carbocycles. The molecular formula is C63H51N3. The molecule has 0 amide bonds. The number of amidine groups is 2. The van der Waals surface area contributed by atoms with Gasteiger partial charge >= 0.3 is 0 Å². The van der Waals surface area contributed by atoms with Crippen LogP contribution in [0.5, 0.6) is 0 Å². The van der Waals surface area contributed by atoms with Gasteiger partial charge in [-0.05, 0) is 121 Å². The summed E-state index contributed by atoms with van der Waals surface area (Å²) in [5.74, 6) is 1.10. The van der Waals surface area contributed by atoms with Crippen LogP contribution in [0.25, 0.3) is 72.3 Å². The number of nitrogens with zero attached hydrogens (tertiary/aromatic N) is 2. The Labute approximate surface area is 389 Å². The van der Waals surface area contributed by atoms with E-state index in [4.69, 9.17) is 15.7 Å². The van der Waals surface area contributed by atoms with Crippen molar-refractivity contribution in [1.29, 1.82) is 0 Å². The minimum absolute atomic E-state index is 0.475. The maximum absolute atomic E-state index is 6.92. The van der Waals surface area contributed by atoms with E-state index in [-0.39, 0.29) is 0 Å². The van der Waals surface area contributed by atoms with Crippen molar-refractivity contribution in [3.8, 4) is 66.8 Å². The molecule has 0 radical (unpaired) electrons. The normalized spacial score (nSPS) is 14.0. The summed E-state index contributed by atoms with van der Waals surface area (Å²) in [5, 5.41) is 0. The highest BCUT2D eigenvalue weighted by molar-refractivity contribution is 6.13. The fourth-order valence-electron chi connectivity index (χ4n) is 9.33. The standard InChI is InChI=1S/C63H51N3/c64-62(50-30-20-28-48(42-50)46-24-6-2-7-25-46)66-63(65-44-45-22-4-1-5-23-45)51-31-21-29-49(43-51)53-33-11-13-35-55(53)57-37-15-17-39-59(57)61-41-19-18-40-60(61)58-38-16-14-36-56(58)54-34-12-10-32-52(54)47-26-8-3-9-27-47/h1-4,6-19,21-22,24-27,29-43H,5,20,23,28,44H2,(H2,64,65,66). The van der Waals surface area contributed by atoms with Gasteiger partial charge in [0.25, 0.3) is 0 Å². The molecule has 2 N–H and O–H groups in total. The van der Waals surface area contributed by atoms with Gasteiger partial charge in [-0.3, -0.25) is 4.99 Å². The molecule has 0 aromatic heterocycles. The van der Waals surface area contributed by atoms with Crippen LogP contribution in [0.1, 0.15) is 36.8 Å². The molecule has 0 saturated heterocycles. The van der Waals surface area contributed by atoms with Gasteiger partial charge in [-0.1, -0.05) is 224 Å². The van der Waals surface area contributed by atoms with Crippen LogP contribution in [0.15, 0.2) is 258 Å². The summed E-state index contributed by atoms with van der Waals surface area (Å²) in [6.45, 7) is 0.565. The maximum atomic E-state index is 6.92. The summed E-state index contributed by atoms with van der Waals surface area (Å²) in [6.07, 6.45) is 14.8. The third-order valence-electron chi connectivity index (χ3n) is 12.6. The lowest BCUT2D eigenvalue weighted by atomic mass is 9.84. The predicted molar refractivity (Wildman–Crippen MR) is 280 cm³/mol. The molecule has 0 spiro atoms. The lowest BCUT2D eigenvalue weighted by Crippen LogP contribution is -2.18. The van der Waals surface area contributed by atoms with Crippen molar-refractivity contribution in [3.05, 3.63) is 259 Å². The molecule has 318 valence electrons. The molecule has 2 aliphatic rings. The number of hydrogen-bond donors (Lipinski definition) is 1. The Morgan fingerprint density at radius 2 is 0.894 bits per heavy atom. The van der Waals surface area contributed by atoms with E-state index in [1.807, 2.05) is 0 Å². The minimum atomic E-state index is 0.475. The second-order valence-corrected chi connectivity index (χ2v) is 16.8. The summed E-state index contributed by atoms with van der Waals surface area (Å²) >= 11 is 0. The first kappa shape index (κ1) is 41.8. The van der Waals surface area contributed by atoms with Gasteiger partial charge in [0.15, 0.2) is 5.84 Å². The van der Waals surface area contributed by atoms with E-state index in [0.717, 1.165) is 59.1 Å². The van der Waals surface area contributed by atoms with Gasteiger partial charge in [-0.25, -0.2) is 4.99 Å². The molecule has 0 aliphatic heterocycles. The molecule has 0 fully saturated rings. The topological polar surface area (TPSA) is 50.7 Å². The highest BCUT2D eigenvalue weighted by Crippen LogP contribution is 2.45. The Bertz CT molecular complexity index is 3220. The van der Waals surface area contributed by atoms with Crippen molar-refractivity contribution >= 4 is 17.2 Å². The molecule has 0 unspecified atom stereocenters. The molecule has 0 bridgehead atoms. The van der Waals surface area contributed by atoms with Crippen molar-refractivity contribution in [2.24, 2.45) is 15.7 Å². The first-order chi connectivity index (χ1) is 32.7. The number of hydrogen-bond acceptors (Lipinski definition) is 1. The van der Waals surface area contributed by atoms with Crippen molar-refractivity contribution in [1.82, 2.24) is 0 Å². The fraction of sp³-hybridized carbons (Fsp3) is 0.0794. The van der Waals surface area contributed by atoms with E-state index in [9.17, 15) is 0 Å². The Kier molecular flexibility index (Phi) is 12.5. The van der Waals surface area contributed by atoms with Crippen molar-refractivity contribution in [2.75, 3.05) is 6.54 Å². The van der Waals surface area contributed by atoms with Crippen LogP contribution in [0.2, 0.25) is 0 Å². The Morgan fingerprint density at radius 1 is 0.439 bits per heavy atom. The summed E-state index contributed by atoms with van der Waals surface area (Å²) in [5.41, 5.74) is 26.6. The van der Waals surface area contributed by atoms with Gasteiger partial charge < -0.3 is 5.73 Å². The van der Waals surface area contributed by atoms with Gasteiger partial charge in [0.1, 0.15) is 5.84 Å². The monoisotopic (exact) mass is 849 g/mol. The van der Waals surface area contributed by atoms with Crippen LogP contribution >= 0.6 is 0 Å². The summed E-state index contributed by atoms with van der Waals surface area (Å²) < 4.78 is 0. The van der Waals surface area contributed by atoms with E-state index in [1.54, 1.807) is 0 Å². The van der Waals surface area contributed by atoms with Gasteiger partial charge in [0.2, 0.25) is 0 Å². The molecule has 0 saturated carbocycles. The molecule has 3 nitrogen and oxygen atoms in total. The second kappa shape index (κ2) is 19.7. The van der Waals surface area contributed by atoms with Crippen molar-refractivity contribution in [2.45, 2.75) is 25.7 Å². The highest BCUT2D eigenvalue weighted by atomic mass is 15.0. The second-order valence-electron chi connectivity index (χ2n) is 16.8. The quantitative estimate of drug-likeness (QED) is 0.102. The Morgan fingerprint density at radius 3 is 1.41 bits per heavy atom. The minimum Gasteiger partial charge on any atom is -0.383 e. The van der Waals surface area contributed by atoms with Crippen LogP contribution in [0.3, 0.4) is 0 Å². The SMILES string of the molecule is NC(=NC(=NCC1=CC=CCC1)c1cccc(-c2ccccc2-c2ccccc2-c2ccccc2-c2ccccc2-c2ccccc2-c2ccccc2)c1)C1=CCCC(c2ccccc2)=C1. The molecule has 3 heteroatoms. The van der Waals surface area contributed by atoms with Crippen LogP contribution < -0.4 is 5.73 Å². The zero-order chi connectivity index (χ0) is 44.5. The lowest BCUT2D eigenvalue weighted by Gasteiger charge is -2.20. The average Bonchev–Trinajstić information content (AvgIpc) is 3.40. The van der Waals surface area contributed by atoms with E-state index >= 15 is 0 Å². The van der Waals surface area contributed by atoms with E-state index < -0.39 is 0 Å².